The van der Waals surface area contributed by atoms with Gasteiger partial charge in [0.25, 0.3) is 0 Å². The molecule has 6 heteroatoms. The lowest BCUT2D eigenvalue weighted by Crippen LogP contribution is -2.40. The lowest BCUT2D eigenvalue weighted by Gasteiger charge is -2.23. The number of rotatable bonds is 7. The third kappa shape index (κ3) is 8.19. The molecular formula is C16H32IN3O2. The third-order valence-corrected chi connectivity index (χ3v) is 3.84. The number of hydrogen-bond donors (Lipinski definition) is 1. The van der Waals surface area contributed by atoms with E-state index in [4.69, 9.17) is 4.99 Å². The summed E-state index contributed by atoms with van der Waals surface area (Å²) in [5.41, 5.74) is 0.386. The number of esters is 1. The Morgan fingerprint density at radius 1 is 1.32 bits per heavy atom. The van der Waals surface area contributed by atoms with E-state index in [1.807, 2.05) is 0 Å². The van der Waals surface area contributed by atoms with Crippen molar-refractivity contribution >= 4 is 35.9 Å². The molecule has 0 aromatic carbocycles. The monoisotopic (exact) mass is 425 g/mol. The van der Waals surface area contributed by atoms with E-state index in [9.17, 15) is 4.79 Å². The highest BCUT2D eigenvalue weighted by molar-refractivity contribution is 14.0. The maximum absolute atomic E-state index is 11.0. The molecule has 1 saturated heterocycles. The van der Waals surface area contributed by atoms with Crippen molar-refractivity contribution in [1.29, 1.82) is 0 Å². The standard InChI is InChI=1S/C16H31N3O2.HI/c1-5-17-15(19-12-10-16(2,3)13-19)18-11-8-6-7-9-14(20)21-4;/h5-13H2,1-4H3,(H,17,18);1H. The Kier molecular flexibility index (Phi) is 10.8. The first-order valence-electron chi connectivity index (χ1n) is 8.08. The molecule has 1 rings (SSSR count). The molecule has 0 radical (unpaired) electrons. The van der Waals surface area contributed by atoms with Gasteiger partial charge in [0, 0.05) is 32.6 Å². The molecule has 0 unspecified atom stereocenters. The van der Waals surface area contributed by atoms with Crippen molar-refractivity contribution in [2.24, 2.45) is 10.4 Å². The first-order chi connectivity index (χ1) is 9.98. The number of guanidine groups is 1. The number of hydrogen-bond acceptors (Lipinski definition) is 3. The van der Waals surface area contributed by atoms with E-state index in [1.165, 1.54) is 13.5 Å². The molecule has 1 aliphatic heterocycles. The summed E-state index contributed by atoms with van der Waals surface area (Å²) >= 11 is 0. The molecule has 0 aromatic heterocycles. The molecule has 0 bridgehead atoms. The molecule has 0 amide bonds. The first kappa shape index (κ1) is 21.5. The van der Waals surface area contributed by atoms with Crippen molar-refractivity contribution in [2.45, 2.75) is 52.9 Å². The van der Waals surface area contributed by atoms with Crippen LogP contribution >= 0.6 is 24.0 Å². The maximum atomic E-state index is 11.0. The summed E-state index contributed by atoms with van der Waals surface area (Å²) in [6.45, 7) is 10.6. The van der Waals surface area contributed by atoms with E-state index in [0.29, 0.717) is 11.8 Å². The number of nitrogens with zero attached hydrogens (tertiary/aromatic N) is 2. The highest BCUT2D eigenvalue weighted by Gasteiger charge is 2.30. The Labute approximate surface area is 152 Å². The van der Waals surface area contributed by atoms with Crippen LogP contribution in [0.2, 0.25) is 0 Å². The van der Waals surface area contributed by atoms with Gasteiger partial charge in [-0.2, -0.15) is 0 Å². The Hall–Kier alpha value is -0.530. The van der Waals surface area contributed by atoms with E-state index < -0.39 is 0 Å². The van der Waals surface area contributed by atoms with Crippen LogP contribution in [0.3, 0.4) is 0 Å². The van der Waals surface area contributed by atoms with Crippen LogP contribution in [0.4, 0.5) is 0 Å². The van der Waals surface area contributed by atoms with Crippen molar-refractivity contribution < 1.29 is 9.53 Å². The highest BCUT2D eigenvalue weighted by Crippen LogP contribution is 2.28. The quantitative estimate of drug-likeness (QED) is 0.224. The average Bonchev–Trinajstić information content (AvgIpc) is 2.81. The molecule has 1 fully saturated rings. The van der Waals surface area contributed by atoms with Gasteiger partial charge in [0.15, 0.2) is 5.96 Å². The second-order valence-corrected chi connectivity index (χ2v) is 6.46. The van der Waals surface area contributed by atoms with Gasteiger partial charge in [0.2, 0.25) is 0 Å². The van der Waals surface area contributed by atoms with Gasteiger partial charge in [-0.1, -0.05) is 20.3 Å². The van der Waals surface area contributed by atoms with Gasteiger partial charge in [-0.05, 0) is 31.6 Å². The Balaban J connectivity index is 0.00000441. The fourth-order valence-corrected chi connectivity index (χ4v) is 2.56. The zero-order valence-electron chi connectivity index (χ0n) is 14.5. The van der Waals surface area contributed by atoms with E-state index >= 15 is 0 Å². The molecule has 130 valence electrons. The van der Waals surface area contributed by atoms with E-state index in [-0.39, 0.29) is 29.9 Å². The summed E-state index contributed by atoms with van der Waals surface area (Å²) in [4.78, 5) is 18.1. The molecule has 0 aliphatic carbocycles. The van der Waals surface area contributed by atoms with Crippen LogP contribution in [0.25, 0.3) is 0 Å². The predicted octanol–water partition coefficient (Wildman–Crippen LogP) is 3.04. The van der Waals surface area contributed by atoms with Crippen LogP contribution in [-0.4, -0.2) is 50.1 Å². The van der Waals surface area contributed by atoms with E-state index in [2.05, 4.69) is 35.7 Å². The zero-order valence-corrected chi connectivity index (χ0v) is 16.8. The minimum atomic E-state index is -0.119. The second-order valence-electron chi connectivity index (χ2n) is 6.46. The first-order valence-corrected chi connectivity index (χ1v) is 8.08. The smallest absolute Gasteiger partial charge is 0.305 e. The molecule has 1 aliphatic rings. The minimum Gasteiger partial charge on any atom is -0.469 e. The van der Waals surface area contributed by atoms with Crippen molar-refractivity contribution in [1.82, 2.24) is 10.2 Å². The number of carbonyl (C=O) groups excluding carboxylic acids is 1. The molecule has 0 atom stereocenters. The number of carbonyl (C=O) groups is 1. The Morgan fingerprint density at radius 3 is 2.59 bits per heavy atom. The van der Waals surface area contributed by atoms with Crippen LogP contribution in [-0.2, 0) is 9.53 Å². The van der Waals surface area contributed by atoms with Gasteiger partial charge in [-0.25, -0.2) is 0 Å². The maximum Gasteiger partial charge on any atom is 0.305 e. The average molecular weight is 425 g/mol. The normalized spacial score (nSPS) is 17.1. The van der Waals surface area contributed by atoms with Gasteiger partial charge in [0.1, 0.15) is 0 Å². The highest BCUT2D eigenvalue weighted by atomic mass is 127. The fourth-order valence-electron chi connectivity index (χ4n) is 2.56. The van der Waals surface area contributed by atoms with Crippen LogP contribution in [0.5, 0.6) is 0 Å². The van der Waals surface area contributed by atoms with Crippen LogP contribution in [0.15, 0.2) is 4.99 Å². The Bertz CT molecular complexity index is 359. The van der Waals surface area contributed by atoms with Crippen LogP contribution < -0.4 is 5.32 Å². The topological polar surface area (TPSA) is 53.9 Å². The molecule has 1 N–H and O–H groups in total. The van der Waals surface area contributed by atoms with Gasteiger partial charge < -0.3 is 15.0 Å². The second kappa shape index (κ2) is 11.1. The van der Waals surface area contributed by atoms with Crippen molar-refractivity contribution in [3.63, 3.8) is 0 Å². The van der Waals surface area contributed by atoms with Gasteiger partial charge in [-0.3, -0.25) is 9.79 Å². The summed E-state index contributed by atoms with van der Waals surface area (Å²) in [6, 6.07) is 0. The predicted molar refractivity (Wildman–Crippen MR) is 102 cm³/mol. The van der Waals surface area contributed by atoms with E-state index in [1.54, 1.807) is 0 Å². The number of aliphatic imine (C=N–C) groups is 1. The molecule has 1 heterocycles. The lowest BCUT2D eigenvalue weighted by atomic mass is 9.93. The van der Waals surface area contributed by atoms with Gasteiger partial charge in [0.05, 0.1) is 7.11 Å². The third-order valence-electron chi connectivity index (χ3n) is 3.84. The summed E-state index contributed by atoms with van der Waals surface area (Å²) < 4.78 is 4.63. The van der Waals surface area contributed by atoms with Crippen molar-refractivity contribution in [3.8, 4) is 0 Å². The summed E-state index contributed by atoms with van der Waals surface area (Å²) in [5.74, 6) is 0.919. The summed E-state index contributed by atoms with van der Waals surface area (Å²) in [5, 5.41) is 3.38. The van der Waals surface area contributed by atoms with Crippen LogP contribution in [0, 0.1) is 5.41 Å². The summed E-state index contributed by atoms with van der Waals surface area (Å²) in [7, 11) is 1.44. The van der Waals surface area contributed by atoms with Crippen molar-refractivity contribution in [2.75, 3.05) is 33.3 Å². The lowest BCUT2D eigenvalue weighted by molar-refractivity contribution is -0.140. The number of methoxy groups -OCH3 is 1. The molecule has 0 saturated carbocycles. The molecular weight excluding hydrogens is 393 g/mol. The van der Waals surface area contributed by atoms with Gasteiger partial charge >= 0.3 is 5.97 Å². The molecule has 0 aromatic rings. The van der Waals surface area contributed by atoms with Crippen molar-refractivity contribution in [3.05, 3.63) is 0 Å². The summed E-state index contributed by atoms with van der Waals surface area (Å²) in [6.07, 6.45) is 4.65. The fraction of sp³-hybridized carbons (Fsp3) is 0.875. The number of nitrogens with one attached hydrogen (secondary N) is 1. The zero-order chi connectivity index (χ0) is 15.7. The Morgan fingerprint density at radius 2 is 2.05 bits per heavy atom. The number of unbranched alkanes of at least 4 members (excludes halogenated alkanes) is 2. The molecule has 5 nitrogen and oxygen atoms in total. The largest absolute Gasteiger partial charge is 0.469 e. The number of ether oxygens (including phenoxy) is 1. The molecule has 22 heavy (non-hydrogen) atoms. The SMILES string of the molecule is CCNC(=NCCCCCC(=O)OC)N1CCC(C)(C)C1.I. The van der Waals surface area contributed by atoms with E-state index in [0.717, 1.165) is 51.4 Å². The molecule has 0 spiro atoms. The number of likely N-dealkylation sites (tertiary alicyclic amines) is 1. The van der Waals surface area contributed by atoms with Crippen LogP contribution in [0.1, 0.15) is 52.9 Å². The number of halogens is 1. The minimum absolute atomic E-state index is 0. The van der Waals surface area contributed by atoms with Gasteiger partial charge in [-0.15, -0.1) is 24.0 Å².